The fraction of sp³-hybridized carbons (Fsp3) is 0.750. The first-order valence-corrected chi connectivity index (χ1v) is 9.15. The molecule has 1 aliphatic carbocycles. The van der Waals surface area contributed by atoms with Crippen LogP contribution in [0, 0.1) is 0 Å². The highest BCUT2D eigenvalue weighted by Gasteiger charge is 2.27. The summed E-state index contributed by atoms with van der Waals surface area (Å²) in [6.07, 6.45) is 4.79. The molecule has 1 aromatic heterocycles. The molecule has 1 saturated carbocycles. The Morgan fingerprint density at radius 3 is 2.94 bits per heavy atom. The first-order valence-electron chi connectivity index (χ1n) is 6.24. The van der Waals surface area contributed by atoms with E-state index < -0.39 is 0 Å². The largest absolute Gasteiger partial charge is 0.309 e. The topological polar surface area (TPSA) is 24.9 Å². The van der Waals surface area contributed by atoms with Gasteiger partial charge in [0.2, 0.25) is 0 Å². The lowest BCUT2D eigenvalue weighted by atomic mass is 10.3. The quantitative estimate of drug-likeness (QED) is 0.918. The Bertz CT molecular complexity index is 376. The Labute approximate surface area is 115 Å². The number of thiazole rings is 1. The summed E-state index contributed by atoms with van der Waals surface area (Å²) < 4.78 is 0. The van der Waals surface area contributed by atoms with Crippen molar-refractivity contribution in [3.05, 3.63) is 16.1 Å². The predicted molar refractivity (Wildman–Crippen MR) is 79.1 cm³/mol. The van der Waals surface area contributed by atoms with Gasteiger partial charge in [0.15, 0.2) is 0 Å². The maximum atomic E-state index is 4.63. The van der Waals surface area contributed by atoms with Crippen molar-refractivity contribution in [3.8, 4) is 0 Å². The number of hydrogen-bond donors (Lipinski definition) is 1. The second kappa shape index (κ2) is 5.51. The van der Waals surface area contributed by atoms with Crippen LogP contribution in [0.1, 0.15) is 34.9 Å². The van der Waals surface area contributed by atoms with Crippen LogP contribution in [0.25, 0.3) is 0 Å². The molecule has 2 nitrogen and oxygen atoms in total. The van der Waals surface area contributed by atoms with E-state index in [1.807, 2.05) is 11.3 Å². The van der Waals surface area contributed by atoms with Gasteiger partial charge in [0, 0.05) is 40.4 Å². The van der Waals surface area contributed by atoms with Gasteiger partial charge in [0.25, 0.3) is 0 Å². The van der Waals surface area contributed by atoms with Gasteiger partial charge in [-0.2, -0.15) is 11.8 Å². The van der Waals surface area contributed by atoms with Crippen LogP contribution in [0.4, 0.5) is 0 Å². The van der Waals surface area contributed by atoms with Gasteiger partial charge in [-0.15, -0.1) is 23.1 Å². The maximum Gasteiger partial charge on any atom is 0.107 e. The Morgan fingerprint density at radius 2 is 2.18 bits per heavy atom. The van der Waals surface area contributed by atoms with E-state index in [1.54, 1.807) is 0 Å². The molecular weight excluding hydrogens is 268 g/mol. The molecule has 1 saturated heterocycles. The van der Waals surface area contributed by atoms with Crippen LogP contribution in [0.2, 0.25) is 0 Å². The molecule has 94 valence electrons. The lowest BCUT2D eigenvalue weighted by Crippen LogP contribution is -2.15. The van der Waals surface area contributed by atoms with Gasteiger partial charge in [0.05, 0.1) is 5.25 Å². The summed E-state index contributed by atoms with van der Waals surface area (Å²) in [4.78, 5) is 6.03. The Hall–Kier alpha value is 0.290. The molecule has 2 fully saturated rings. The summed E-state index contributed by atoms with van der Waals surface area (Å²) in [7, 11) is 0. The molecule has 2 atom stereocenters. The SMILES string of the molecule is CC1SCCSC1c1ncc(CNC2CC2)s1. The smallest absolute Gasteiger partial charge is 0.107 e. The van der Waals surface area contributed by atoms with Gasteiger partial charge >= 0.3 is 0 Å². The van der Waals surface area contributed by atoms with Gasteiger partial charge in [-0.25, -0.2) is 4.98 Å². The summed E-state index contributed by atoms with van der Waals surface area (Å²) in [5.41, 5.74) is 0. The van der Waals surface area contributed by atoms with Crippen LogP contribution in [0.15, 0.2) is 6.20 Å². The van der Waals surface area contributed by atoms with Crippen LogP contribution in [0.3, 0.4) is 0 Å². The van der Waals surface area contributed by atoms with E-state index in [4.69, 9.17) is 0 Å². The summed E-state index contributed by atoms with van der Waals surface area (Å²) in [6, 6.07) is 0.791. The van der Waals surface area contributed by atoms with Crippen molar-refractivity contribution in [2.24, 2.45) is 0 Å². The molecule has 0 bridgehead atoms. The van der Waals surface area contributed by atoms with Crippen molar-refractivity contribution in [2.45, 2.75) is 42.9 Å². The molecular formula is C12H18N2S3. The third kappa shape index (κ3) is 3.19. The minimum Gasteiger partial charge on any atom is -0.309 e. The lowest BCUT2D eigenvalue weighted by molar-refractivity contribution is 0.694. The second-order valence-electron chi connectivity index (χ2n) is 4.69. The zero-order valence-corrected chi connectivity index (χ0v) is 12.5. The Morgan fingerprint density at radius 1 is 1.35 bits per heavy atom. The van der Waals surface area contributed by atoms with Gasteiger partial charge < -0.3 is 5.32 Å². The first-order chi connectivity index (χ1) is 8.33. The van der Waals surface area contributed by atoms with Gasteiger partial charge in [-0.1, -0.05) is 6.92 Å². The highest BCUT2D eigenvalue weighted by molar-refractivity contribution is 8.06. The maximum absolute atomic E-state index is 4.63. The molecule has 3 rings (SSSR count). The fourth-order valence-electron chi connectivity index (χ4n) is 1.97. The molecule has 2 aliphatic rings. The molecule has 0 spiro atoms. The average Bonchev–Trinajstić information content (AvgIpc) is 3.06. The Balaban J connectivity index is 1.61. The van der Waals surface area contributed by atoms with Crippen LogP contribution >= 0.6 is 34.9 Å². The zero-order valence-electron chi connectivity index (χ0n) is 10.0. The van der Waals surface area contributed by atoms with Crippen molar-refractivity contribution in [2.75, 3.05) is 11.5 Å². The van der Waals surface area contributed by atoms with Crippen molar-refractivity contribution in [1.29, 1.82) is 0 Å². The molecule has 17 heavy (non-hydrogen) atoms. The number of nitrogens with zero attached hydrogens (tertiary/aromatic N) is 1. The monoisotopic (exact) mass is 286 g/mol. The standard InChI is InChI=1S/C12H18N2S3/c1-8-11(16-5-4-15-8)12-14-7-10(17-12)6-13-9-2-3-9/h7-9,11,13H,2-6H2,1H3. The van der Waals surface area contributed by atoms with Crippen molar-refractivity contribution in [3.63, 3.8) is 0 Å². The first kappa shape index (κ1) is 12.3. The van der Waals surface area contributed by atoms with Crippen molar-refractivity contribution in [1.82, 2.24) is 10.3 Å². The van der Waals surface area contributed by atoms with Gasteiger partial charge in [-0.05, 0) is 12.8 Å². The number of thioether (sulfide) groups is 2. The highest BCUT2D eigenvalue weighted by Crippen LogP contribution is 2.43. The van der Waals surface area contributed by atoms with E-state index in [0.717, 1.165) is 12.6 Å². The molecule has 2 unspecified atom stereocenters. The molecule has 5 heteroatoms. The normalized spacial score (nSPS) is 29.5. The molecule has 2 heterocycles. The van der Waals surface area contributed by atoms with E-state index in [1.165, 1.54) is 34.2 Å². The van der Waals surface area contributed by atoms with Crippen LogP contribution < -0.4 is 5.32 Å². The van der Waals surface area contributed by atoms with Gasteiger partial charge in [0.1, 0.15) is 5.01 Å². The van der Waals surface area contributed by atoms with E-state index in [2.05, 4.69) is 46.9 Å². The highest BCUT2D eigenvalue weighted by atomic mass is 32.2. The molecule has 1 aromatic rings. The molecule has 1 aliphatic heterocycles. The van der Waals surface area contributed by atoms with Gasteiger partial charge in [-0.3, -0.25) is 0 Å². The summed E-state index contributed by atoms with van der Waals surface area (Å²) >= 11 is 6.07. The van der Waals surface area contributed by atoms with E-state index in [9.17, 15) is 0 Å². The van der Waals surface area contributed by atoms with E-state index in [0.29, 0.717) is 10.5 Å². The lowest BCUT2D eigenvalue weighted by Gasteiger charge is -2.25. The molecule has 0 amide bonds. The fourth-order valence-corrected chi connectivity index (χ4v) is 6.01. The minimum absolute atomic E-state index is 0.619. The summed E-state index contributed by atoms with van der Waals surface area (Å²) in [5.74, 6) is 2.57. The third-order valence-electron chi connectivity index (χ3n) is 3.14. The number of aromatic nitrogens is 1. The van der Waals surface area contributed by atoms with E-state index in [-0.39, 0.29) is 0 Å². The second-order valence-corrected chi connectivity index (χ2v) is 8.57. The number of rotatable bonds is 4. The van der Waals surface area contributed by atoms with Crippen molar-refractivity contribution < 1.29 is 0 Å². The predicted octanol–water partition coefficient (Wildman–Crippen LogP) is 3.30. The average molecular weight is 286 g/mol. The summed E-state index contributed by atoms with van der Waals surface area (Å²) in [5, 5.41) is 6.23. The number of hydrogen-bond acceptors (Lipinski definition) is 5. The summed E-state index contributed by atoms with van der Waals surface area (Å²) in [6.45, 7) is 3.35. The van der Waals surface area contributed by atoms with E-state index >= 15 is 0 Å². The molecule has 0 radical (unpaired) electrons. The minimum atomic E-state index is 0.619. The molecule has 1 N–H and O–H groups in total. The third-order valence-corrected chi connectivity index (χ3v) is 7.47. The van der Waals surface area contributed by atoms with Crippen LogP contribution in [-0.2, 0) is 6.54 Å². The van der Waals surface area contributed by atoms with Crippen LogP contribution in [0.5, 0.6) is 0 Å². The Kier molecular flexibility index (Phi) is 4.00. The van der Waals surface area contributed by atoms with Crippen molar-refractivity contribution >= 4 is 34.9 Å². The molecule has 0 aromatic carbocycles. The van der Waals surface area contributed by atoms with Crippen LogP contribution in [-0.4, -0.2) is 27.8 Å². The zero-order chi connectivity index (χ0) is 11.7. The number of nitrogens with one attached hydrogen (secondary N) is 1.